The molecular formula is C26H28ClN3O4S. The number of benzene rings is 3. The second-order valence-corrected chi connectivity index (χ2v) is 10.5. The maximum Gasteiger partial charge on any atom is 0.264 e. The summed E-state index contributed by atoms with van der Waals surface area (Å²) in [5.41, 5.74) is 4.02. The molecule has 184 valence electrons. The van der Waals surface area contributed by atoms with Gasteiger partial charge in [0.25, 0.3) is 15.9 Å². The monoisotopic (exact) mass is 513 g/mol. The molecule has 0 saturated carbocycles. The first-order chi connectivity index (χ1) is 16.7. The Labute approximate surface area is 211 Å². The quantitative estimate of drug-likeness (QED) is 0.304. The van der Waals surface area contributed by atoms with E-state index in [0.29, 0.717) is 28.8 Å². The van der Waals surface area contributed by atoms with Crippen molar-refractivity contribution in [3.63, 3.8) is 0 Å². The molecule has 7 nitrogen and oxygen atoms in total. The Kier molecular flexibility index (Phi) is 8.89. The summed E-state index contributed by atoms with van der Waals surface area (Å²) in [7, 11) is -4.03. The predicted octanol–water partition coefficient (Wildman–Crippen LogP) is 5.03. The number of halogens is 1. The second kappa shape index (κ2) is 11.9. The van der Waals surface area contributed by atoms with E-state index in [2.05, 4.69) is 24.4 Å². The van der Waals surface area contributed by atoms with Gasteiger partial charge >= 0.3 is 0 Å². The topological polar surface area (TPSA) is 88.1 Å². The molecule has 0 heterocycles. The minimum Gasteiger partial charge on any atom is -0.493 e. The fourth-order valence-corrected chi connectivity index (χ4v) is 4.81. The van der Waals surface area contributed by atoms with Crippen LogP contribution in [0.15, 0.2) is 82.8 Å². The molecule has 3 rings (SSSR count). The number of rotatable bonds is 10. The van der Waals surface area contributed by atoms with Gasteiger partial charge in [-0.1, -0.05) is 49.7 Å². The van der Waals surface area contributed by atoms with Crippen LogP contribution in [0.4, 0.5) is 5.69 Å². The third kappa shape index (κ3) is 7.07. The lowest BCUT2D eigenvalue weighted by Gasteiger charge is -2.25. The van der Waals surface area contributed by atoms with Gasteiger partial charge in [0.05, 0.1) is 23.4 Å². The summed E-state index contributed by atoms with van der Waals surface area (Å²) in [6.45, 7) is 6.00. The van der Waals surface area contributed by atoms with Crippen molar-refractivity contribution in [3.05, 3.63) is 88.9 Å². The van der Waals surface area contributed by atoms with E-state index in [1.807, 2.05) is 24.3 Å². The zero-order valence-corrected chi connectivity index (χ0v) is 21.4. The van der Waals surface area contributed by atoms with Gasteiger partial charge in [-0.3, -0.25) is 9.10 Å². The van der Waals surface area contributed by atoms with E-state index in [-0.39, 0.29) is 4.90 Å². The predicted molar refractivity (Wildman–Crippen MR) is 140 cm³/mol. The zero-order chi connectivity index (χ0) is 25.4. The smallest absolute Gasteiger partial charge is 0.264 e. The number of hydrogen-bond acceptors (Lipinski definition) is 5. The summed E-state index contributed by atoms with van der Waals surface area (Å²) in [6, 6.07) is 20.1. The summed E-state index contributed by atoms with van der Waals surface area (Å²) in [4.78, 5) is 12.8. The summed E-state index contributed by atoms with van der Waals surface area (Å²) in [6.07, 6.45) is 1.48. The molecule has 0 aromatic heterocycles. The molecule has 0 radical (unpaired) electrons. The SMILES string of the molecule is Cc1c(Cl)cccc1N(CC(=O)N/N=C\c1ccc(OCC(C)C)cc1)S(=O)(=O)c1ccccc1. The molecule has 9 heteroatoms. The van der Waals surface area contributed by atoms with Crippen LogP contribution >= 0.6 is 11.6 Å². The number of ether oxygens (including phenoxy) is 1. The molecule has 0 aliphatic heterocycles. The van der Waals surface area contributed by atoms with Gasteiger partial charge in [0.1, 0.15) is 12.3 Å². The first-order valence-electron chi connectivity index (χ1n) is 11.1. The average molecular weight is 514 g/mol. The molecule has 0 aliphatic carbocycles. The summed E-state index contributed by atoms with van der Waals surface area (Å²) in [5, 5.41) is 4.37. The van der Waals surface area contributed by atoms with Crippen molar-refractivity contribution in [2.45, 2.75) is 25.7 Å². The number of carbonyl (C=O) groups is 1. The number of carbonyl (C=O) groups excluding carboxylic acids is 1. The third-order valence-corrected chi connectivity index (χ3v) is 7.18. The van der Waals surface area contributed by atoms with Crippen LogP contribution < -0.4 is 14.5 Å². The largest absolute Gasteiger partial charge is 0.493 e. The molecular weight excluding hydrogens is 486 g/mol. The number of nitrogens with zero attached hydrogens (tertiary/aromatic N) is 2. The van der Waals surface area contributed by atoms with Crippen molar-refractivity contribution in [2.75, 3.05) is 17.5 Å². The molecule has 0 unspecified atom stereocenters. The highest BCUT2D eigenvalue weighted by Crippen LogP contribution is 2.30. The Bertz CT molecular complexity index is 1280. The van der Waals surface area contributed by atoms with Crippen molar-refractivity contribution in [2.24, 2.45) is 11.0 Å². The highest BCUT2D eigenvalue weighted by atomic mass is 35.5. The van der Waals surface area contributed by atoms with Crippen LogP contribution in [0.5, 0.6) is 5.75 Å². The first kappa shape index (κ1) is 26.2. The van der Waals surface area contributed by atoms with Crippen molar-refractivity contribution >= 4 is 39.4 Å². The van der Waals surface area contributed by atoms with Gasteiger partial charge in [-0.05, 0) is 72.5 Å². The lowest BCUT2D eigenvalue weighted by molar-refractivity contribution is -0.119. The van der Waals surface area contributed by atoms with Crippen LogP contribution in [0.3, 0.4) is 0 Å². The van der Waals surface area contributed by atoms with Gasteiger partial charge in [0.15, 0.2) is 0 Å². The van der Waals surface area contributed by atoms with E-state index >= 15 is 0 Å². The molecule has 0 fully saturated rings. The number of hydrogen-bond donors (Lipinski definition) is 1. The lowest BCUT2D eigenvalue weighted by Crippen LogP contribution is -2.40. The average Bonchev–Trinajstić information content (AvgIpc) is 2.84. The van der Waals surface area contributed by atoms with Crippen LogP contribution in [0.2, 0.25) is 5.02 Å². The maximum atomic E-state index is 13.4. The van der Waals surface area contributed by atoms with Crippen LogP contribution in [-0.2, 0) is 14.8 Å². The lowest BCUT2D eigenvalue weighted by atomic mass is 10.2. The van der Waals surface area contributed by atoms with Crippen LogP contribution in [0.1, 0.15) is 25.0 Å². The van der Waals surface area contributed by atoms with Crippen molar-refractivity contribution in [1.29, 1.82) is 0 Å². The molecule has 3 aromatic rings. The minimum absolute atomic E-state index is 0.0652. The maximum absolute atomic E-state index is 13.4. The number of amides is 1. The Morgan fingerprint density at radius 1 is 1.06 bits per heavy atom. The van der Waals surface area contributed by atoms with E-state index < -0.39 is 22.5 Å². The van der Waals surface area contributed by atoms with Gasteiger partial charge < -0.3 is 4.74 Å². The number of nitrogens with one attached hydrogen (secondary N) is 1. The zero-order valence-electron chi connectivity index (χ0n) is 19.8. The van der Waals surface area contributed by atoms with E-state index in [0.717, 1.165) is 15.6 Å². The van der Waals surface area contributed by atoms with Gasteiger partial charge in [-0.2, -0.15) is 5.10 Å². The Hall–Kier alpha value is -3.36. The van der Waals surface area contributed by atoms with Crippen LogP contribution in [0, 0.1) is 12.8 Å². The van der Waals surface area contributed by atoms with Crippen molar-refractivity contribution in [1.82, 2.24) is 5.43 Å². The summed E-state index contributed by atoms with van der Waals surface area (Å²) >= 11 is 6.23. The van der Waals surface area contributed by atoms with E-state index in [1.54, 1.807) is 43.3 Å². The third-order valence-electron chi connectivity index (χ3n) is 4.99. The minimum atomic E-state index is -4.03. The standard InChI is InChI=1S/C26H28ClN3O4S/c1-19(2)18-34-22-14-12-21(13-15-22)16-28-29-26(31)17-30(25-11-7-10-24(27)20(25)3)35(32,33)23-8-5-4-6-9-23/h4-16,19H,17-18H2,1-3H3,(H,29,31)/b28-16-. The summed E-state index contributed by atoms with van der Waals surface area (Å²) < 4.78 is 33.5. The van der Waals surface area contributed by atoms with Gasteiger partial charge in [0.2, 0.25) is 0 Å². The number of sulfonamides is 1. The Morgan fingerprint density at radius 2 is 1.74 bits per heavy atom. The second-order valence-electron chi connectivity index (χ2n) is 8.28. The Balaban J connectivity index is 1.75. The van der Waals surface area contributed by atoms with Gasteiger partial charge in [0, 0.05) is 5.02 Å². The highest BCUT2D eigenvalue weighted by Gasteiger charge is 2.28. The van der Waals surface area contributed by atoms with E-state index in [9.17, 15) is 13.2 Å². The first-order valence-corrected chi connectivity index (χ1v) is 12.9. The summed E-state index contributed by atoms with van der Waals surface area (Å²) in [5.74, 6) is 0.572. The molecule has 0 atom stereocenters. The fourth-order valence-electron chi connectivity index (χ4n) is 3.14. The van der Waals surface area contributed by atoms with Gasteiger partial charge in [-0.25, -0.2) is 13.8 Å². The van der Waals surface area contributed by atoms with E-state index in [4.69, 9.17) is 16.3 Å². The normalized spacial score (nSPS) is 11.6. The molecule has 0 aliphatic rings. The molecule has 3 aromatic carbocycles. The Morgan fingerprint density at radius 3 is 2.40 bits per heavy atom. The molecule has 1 N–H and O–H groups in total. The van der Waals surface area contributed by atoms with Crippen LogP contribution in [0.25, 0.3) is 0 Å². The molecule has 0 spiro atoms. The van der Waals surface area contributed by atoms with Crippen molar-refractivity contribution < 1.29 is 17.9 Å². The molecule has 35 heavy (non-hydrogen) atoms. The highest BCUT2D eigenvalue weighted by molar-refractivity contribution is 7.92. The number of hydrazone groups is 1. The number of anilines is 1. The van der Waals surface area contributed by atoms with Crippen molar-refractivity contribution in [3.8, 4) is 5.75 Å². The molecule has 1 amide bonds. The molecule has 0 saturated heterocycles. The fraction of sp³-hybridized carbons (Fsp3) is 0.231. The molecule has 0 bridgehead atoms. The van der Waals surface area contributed by atoms with Crippen LogP contribution in [-0.4, -0.2) is 33.7 Å². The van der Waals surface area contributed by atoms with Gasteiger partial charge in [-0.15, -0.1) is 0 Å². The van der Waals surface area contributed by atoms with E-state index in [1.165, 1.54) is 18.3 Å².